The molecule has 0 unspecified atom stereocenters. The molecule has 2 rings (SSSR count). The zero-order chi connectivity index (χ0) is 13.8. The average Bonchev–Trinajstić information content (AvgIpc) is 2.85. The van der Waals surface area contributed by atoms with Crippen LogP contribution in [-0.2, 0) is 11.3 Å². The fourth-order valence-electron chi connectivity index (χ4n) is 1.46. The van der Waals surface area contributed by atoms with Crippen molar-refractivity contribution in [1.82, 2.24) is 10.3 Å². The molecule has 6 heteroatoms. The van der Waals surface area contributed by atoms with Gasteiger partial charge in [0.15, 0.2) is 0 Å². The minimum absolute atomic E-state index is 0.290. The van der Waals surface area contributed by atoms with E-state index in [1.165, 1.54) is 18.4 Å². The molecule has 0 radical (unpaired) electrons. The molecule has 0 aliphatic rings. The van der Waals surface area contributed by atoms with Crippen LogP contribution in [0.5, 0.6) is 0 Å². The summed E-state index contributed by atoms with van der Waals surface area (Å²) in [5.74, 6) is -0.880. The van der Waals surface area contributed by atoms with Gasteiger partial charge in [-0.25, -0.2) is 9.37 Å². The molecule has 5 nitrogen and oxygen atoms in total. The van der Waals surface area contributed by atoms with E-state index in [0.717, 1.165) is 0 Å². The third-order valence-electron chi connectivity index (χ3n) is 2.60. The molecule has 2 aromatic rings. The van der Waals surface area contributed by atoms with Crippen LogP contribution in [-0.4, -0.2) is 22.1 Å². The van der Waals surface area contributed by atoms with Gasteiger partial charge in [0.25, 0.3) is 0 Å². The molecule has 0 bridgehead atoms. The fraction of sp³-hybridized carbons (Fsp3) is 0.231. The number of nitrogens with zero attached hydrogens (tertiary/aromatic N) is 1. The molecule has 0 fully saturated rings. The number of nitrogens with one attached hydrogen (secondary N) is 1. The number of hydrogen-bond acceptors (Lipinski definition) is 4. The van der Waals surface area contributed by atoms with Crippen LogP contribution in [0.2, 0.25) is 0 Å². The molecular formula is C13H13FN2O3. The summed E-state index contributed by atoms with van der Waals surface area (Å²) in [5, 5.41) is 11.5. The third-order valence-corrected chi connectivity index (χ3v) is 2.60. The number of hydrogen-bond donors (Lipinski definition) is 2. The number of aromatic nitrogens is 1. The van der Waals surface area contributed by atoms with E-state index in [9.17, 15) is 9.18 Å². The Morgan fingerprint density at radius 3 is 2.79 bits per heavy atom. The minimum Gasteiger partial charge on any atom is -0.480 e. The molecule has 100 valence electrons. The number of carboxylic acid groups (broad SMARTS) is 1. The zero-order valence-electron chi connectivity index (χ0n) is 10.3. The van der Waals surface area contributed by atoms with Gasteiger partial charge in [-0.15, -0.1) is 0 Å². The summed E-state index contributed by atoms with van der Waals surface area (Å²) < 4.78 is 18.0. The Kier molecular flexibility index (Phi) is 3.91. The standard InChI is InChI=1S/C13H13FN2O3/c1-8(13(17)18)15-6-11-7-19-12(16-11)9-2-4-10(14)5-3-9/h2-5,7-8,15H,6H2,1H3,(H,17,18)/t8-/m0/s1. The van der Waals surface area contributed by atoms with Crippen molar-refractivity contribution in [1.29, 1.82) is 0 Å². The highest BCUT2D eigenvalue weighted by molar-refractivity contribution is 5.72. The van der Waals surface area contributed by atoms with Gasteiger partial charge in [0.2, 0.25) is 5.89 Å². The molecule has 19 heavy (non-hydrogen) atoms. The normalized spacial score (nSPS) is 12.3. The second-order valence-corrected chi connectivity index (χ2v) is 4.09. The molecule has 0 aliphatic heterocycles. The highest BCUT2D eigenvalue weighted by atomic mass is 19.1. The van der Waals surface area contributed by atoms with Gasteiger partial charge in [-0.05, 0) is 31.2 Å². The molecule has 0 saturated carbocycles. The van der Waals surface area contributed by atoms with Gasteiger partial charge in [-0.3, -0.25) is 10.1 Å². The van der Waals surface area contributed by atoms with Gasteiger partial charge in [0.1, 0.15) is 18.1 Å². The van der Waals surface area contributed by atoms with Crippen LogP contribution >= 0.6 is 0 Å². The number of rotatable bonds is 5. The van der Waals surface area contributed by atoms with Gasteiger partial charge in [-0.2, -0.15) is 0 Å². The van der Waals surface area contributed by atoms with Crippen LogP contribution in [0.1, 0.15) is 12.6 Å². The summed E-state index contributed by atoms with van der Waals surface area (Å²) in [5.41, 5.74) is 1.26. The van der Waals surface area contributed by atoms with Crippen molar-refractivity contribution >= 4 is 5.97 Å². The van der Waals surface area contributed by atoms with E-state index in [0.29, 0.717) is 17.1 Å². The highest BCUT2D eigenvalue weighted by Crippen LogP contribution is 2.18. The van der Waals surface area contributed by atoms with Crippen LogP contribution < -0.4 is 5.32 Å². The maximum atomic E-state index is 12.8. The van der Waals surface area contributed by atoms with Crippen molar-refractivity contribution in [2.75, 3.05) is 0 Å². The van der Waals surface area contributed by atoms with Gasteiger partial charge >= 0.3 is 5.97 Å². The van der Waals surface area contributed by atoms with Crippen LogP contribution in [0.25, 0.3) is 11.5 Å². The Bertz CT molecular complexity index is 566. The Hall–Kier alpha value is -2.21. The second-order valence-electron chi connectivity index (χ2n) is 4.09. The van der Waals surface area contributed by atoms with Gasteiger partial charge < -0.3 is 9.52 Å². The molecule has 1 aromatic heterocycles. The fourth-order valence-corrected chi connectivity index (χ4v) is 1.46. The van der Waals surface area contributed by atoms with E-state index < -0.39 is 12.0 Å². The van der Waals surface area contributed by atoms with Crippen molar-refractivity contribution in [3.63, 3.8) is 0 Å². The largest absolute Gasteiger partial charge is 0.480 e. The number of benzene rings is 1. The molecule has 0 aliphatic carbocycles. The van der Waals surface area contributed by atoms with E-state index >= 15 is 0 Å². The molecule has 0 saturated heterocycles. The Morgan fingerprint density at radius 2 is 2.16 bits per heavy atom. The second kappa shape index (κ2) is 5.62. The number of carboxylic acids is 1. The van der Waals surface area contributed by atoms with E-state index in [1.807, 2.05) is 0 Å². The molecule has 0 amide bonds. The summed E-state index contributed by atoms with van der Waals surface area (Å²) in [7, 11) is 0. The zero-order valence-corrected chi connectivity index (χ0v) is 10.3. The van der Waals surface area contributed by atoms with E-state index in [1.54, 1.807) is 19.1 Å². The third kappa shape index (κ3) is 3.38. The molecule has 0 spiro atoms. The molecule has 1 atom stereocenters. The van der Waals surface area contributed by atoms with Crippen LogP contribution in [0.4, 0.5) is 4.39 Å². The van der Waals surface area contributed by atoms with Crippen molar-refractivity contribution in [2.24, 2.45) is 0 Å². The minimum atomic E-state index is -0.928. The first-order valence-corrected chi connectivity index (χ1v) is 5.73. The predicted octanol–water partition coefficient (Wildman–Crippen LogP) is 2.04. The van der Waals surface area contributed by atoms with Crippen molar-refractivity contribution in [3.05, 3.63) is 42.0 Å². The van der Waals surface area contributed by atoms with Gasteiger partial charge in [0.05, 0.1) is 5.69 Å². The van der Waals surface area contributed by atoms with E-state index in [2.05, 4.69) is 10.3 Å². The number of carbonyl (C=O) groups is 1. The first-order chi connectivity index (χ1) is 9.06. The van der Waals surface area contributed by atoms with E-state index in [-0.39, 0.29) is 12.4 Å². The number of halogens is 1. The van der Waals surface area contributed by atoms with Crippen LogP contribution in [0.3, 0.4) is 0 Å². The van der Waals surface area contributed by atoms with Crippen molar-refractivity contribution in [3.8, 4) is 11.5 Å². The SMILES string of the molecule is C[C@H](NCc1coc(-c2ccc(F)cc2)n1)C(=O)O. The Morgan fingerprint density at radius 1 is 1.47 bits per heavy atom. The highest BCUT2D eigenvalue weighted by Gasteiger charge is 2.11. The lowest BCUT2D eigenvalue weighted by molar-refractivity contribution is -0.139. The quantitative estimate of drug-likeness (QED) is 0.864. The smallest absolute Gasteiger partial charge is 0.320 e. The lowest BCUT2D eigenvalue weighted by atomic mass is 10.2. The van der Waals surface area contributed by atoms with Crippen molar-refractivity contribution < 1.29 is 18.7 Å². The van der Waals surface area contributed by atoms with Crippen LogP contribution in [0.15, 0.2) is 34.9 Å². The molecule has 1 heterocycles. The van der Waals surface area contributed by atoms with Crippen LogP contribution in [0, 0.1) is 5.82 Å². The van der Waals surface area contributed by atoms with Crippen molar-refractivity contribution in [2.45, 2.75) is 19.5 Å². The Balaban J connectivity index is 2.03. The summed E-state index contributed by atoms with van der Waals surface area (Å²) in [6.07, 6.45) is 1.44. The first-order valence-electron chi connectivity index (χ1n) is 5.73. The first kappa shape index (κ1) is 13.2. The van der Waals surface area contributed by atoms with Gasteiger partial charge in [-0.1, -0.05) is 0 Å². The van der Waals surface area contributed by atoms with Gasteiger partial charge in [0, 0.05) is 12.1 Å². The maximum absolute atomic E-state index is 12.8. The summed E-state index contributed by atoms with van der Waals surface area (Å²) in [6, 6.07) is 5.12. The summed E-state index contributed by atoms with van der Waals surface area (Å²) in [6.45, 7) is 1.83. The molecular weight excluding hydrogens is 251 g/mol. The molecule has 1 aromatic carbocycles. The Labute approximate surface area is 109 Å². The topological polar surface area (TPSA) is 75.4 Å². The monoisotopic (exact) mass is 264 g/mol. The average molecular weight is 264 g/mol. The summed E-state index contributed by atoms with van der Waals surface area (Å²) in [4.78, 5) is 14.8. The number of oxazole rings is 1. The maximum Gasteiger partial charge on any atom is 0.320 e. The van der Waals surface area contributed by atoms with E-state index in [4.69, 9.17) is 9.52 Å². The lowest BCUT2D eigenvalue weighted by Crippen LogP contribution is -2.33. The summed E-state index contributed by atoms with van der Waals surface area (Å²) >= 11 is 0. The number of aliphatic carboxylic acids is 1. The lowest BCUT2D eigenvalue weighted by Gasteiger charge is -2.05. The predicted molar refractivity (Wildman–Crippen MR) is 65.8 cm³/mol. The molecule has 2 N–H and O–H groups in total.